The van der Waals surface area contributed by atoms with Crippen molar-refractivity contribution >= 4 is 11.6 Å². The molecule has 3 unspecified atom stereocenters. The number of carbonyl (C=O) groups excluding carboxylic acids is 1. The van der Waals surface area contributed by atoms with Crippen LogP contribution in [0.15, 0.2) is 41.2 Å². The molecule has 0 spiro atoms. The first-order valence-corrected chi connectivity index (χ1v) is 16.2. The number of carbonyl (C=O) groups is 1. The molecule has 3 heterocycles. The summed E-state index contributed by atoms with van der Waals surface area (Å²) in [4.78, 5) is 29.7. The lowest BCUT2D eigenvalue weighted by Gasteiger charge is -2.49. The van der Waals surface area contributed by atoms with Gasteiger partial charge in [-0.2, -0.15) is 4.98 Å². The third-order valence-electron chi connectivity index (χ3n) is 10.6. The van der Waals surface area contributed by atoms with Gasteiger partial charge in [0.2, 0.25) is 11.8 Å². The van der Waals surface area contributed by atoms with Crippen molar-refractivity contribution in [1.29, 1.82) is 0 Å². The van der Waals surface area contributed by atoms with Crippen LogP contribution in [0.4, 0.5) is 5.69 Å². The van der Waals surface area contributed by atoms with Crippen LogP contribution < -0.4 is 9.64 Å². The topological polar surface area (TPSA) is 124 Å². The largest absolute Gasteiger partial charge is 0.464 e. The quantitative estimate of drug-likeness (QED) is 0.350. The van der Waals surface area contributed by atoms with Crippen LogP contribution in [-0.2, 0) is 20.4 Å². The van der Waals surface area contributed by atoms with Crippen molar-refractivity contribution in [3.63, 3.8) is 0 Å². The molecule has 3 atom stereocenters. The Labute approximate surface area is 258 Å². The second-order valence-electron chi connectivity index (χ2n) is 14.2. The summed E-state index contributed by atoms with van der Waals surface area (Å²) in [5, 5.41) is 15.0. The Bertz CT molecular complexity index is 1490. The van der Waals surface area contributed by atoms with E-state index < -0.39 is 5.60 Å². The zero-order valence-corrected chi connectivity index (χ0v) is 26.0. The van der Waals surface area contributed by atoms with Gasteiger partial charge in [0, 0.05) is 41.5 Å². The van der Waals surface area contributed by atoms with Crippen molar-refractivity contribution < 1.29 is 23.9 Å². The van der Waals surface area contributed by atoms with Crippen molar-refractivity contribution in [3.05, 3.63) is 48.4 Å². The standard InChI is InChI=1S/C34H43N5O5/c1-4-43-31-35-17-26(18-36-31)22-7-5-9-27(13-22)39(28(40)25-14-33(3,41)15-25)19-24-10-12-34(11-6-8-23(24)16-34)29-37-30(44-38-29)32(2)20-42-21-32/h5,7,9,13,17-18,23-25,41H,4,6,8,10-12,14-16,19-21H2,1-3H3/t23?,24?,25-,33+,34?. The van der Waals surface area contributed by atoms with Crippen LogP contribution in [0.5, 0.6) is 6.01 Å². The van der Waals surface area contributed by atoms with Gasteiger partial charge in [0.05, 0.1) is 30.8 Å². The first-order chi connectivity index (χ1) is 21.2. The SMILES string of the molecule is CCOc1ncc(-c2cccc(N(CC3CCC4(c5noc(C6(C)COC6)n5)CCCC3C4)C(=O)[C@H]3C[C@@](C)(O)C3)c2)cn1. The molecule has 3 saturated carbocycles. The number of aromatic nitrogens is 4. The Morgan fingerprint density at radius 3 is 2.59 bits per heavy atom. The molecule has 2 aromatic heterocycles. The number of ether oxygens (including phenoxy) is 2. The maximum atomic E-state index is 14.1. The van der Waals surface area contributed by atoms with Crippen molar-refractivity contribution in [3.8, 4) is 17.1 Å². The summed E-state index contributed by atoms with van der Waals surface area (Å²) in [6, 6.07) is 8.45. The first-order valence-electron chi connectivity index (χ1n) is 16.2. The van der Waals surface area contributed by atoms with Crippen molar-refractivity contribution in [2.45, 2.75) is 88.6 Å². The smallest absolute Gasteiger partial charge is 0.316 e. The van der Waals surface area contributed by atoms with Gasteiger partial charge >= 0.3 is 6.01 Å². The number of rotatable bonds is 9. The van der Waals surface area contributed by atoms with Gasteiger partial charge in [-0.05, 0) is 88.8 Å². The number of aliphatic hydroxyl groups is 1. The average molecular weight is 602 g/mol. The van der Waals surface area contributed by atoms with E-state index in [1.807, 2.05) is 36.9 Å². The van der Waals surface area contributed by atoms with E-state index >= 15 is 0 Å². The molecule has 1 aromatic carbocycles. The molecule has 2 bridgehead atoms. The van der Waals surface area contributed by atoms with Gasteiger partial charge < -0.3 is 24.0 Å². The highest BCUT2D eigenvalue weighted by molar-refractivity contribution is 5.96. The Kier molecular flexibility index (Phi) is 7.48. The van der Waals surface area contributed by atoms with Crippen LogP contribution in [0.3, 0.4) is 0 Å². The Balaban J connectivity index is 1.13. The summed E-state index contributed by atoms with van der Waals surface area (Å²) in [5.41, 5.74) is 1.68. The molecule has 3 aromatic rings. The second-order valence-corrected chi connectivity index (χ2v) is 14.2. The Hall–Kier alpha value is -3.37. The molecule has 0 radical (unpaired) electrons. The van der Waals surface area contributed by atoms with Crippen LogP contribution in [-0.4, -0.2) is 63.1 Å². The summed E-state index contributed by atoms with van der Waals surface area (Å²) in [6.07, 6.45) is 10.9. The summed E-state index contributed by atoms with van der Waals surface area (Å²) in [5.74, 6) is 2.33. The summed E-state index contributed by atoms with van der Waals surface area (Å²) >= 11 is 0. The molecule has 4 fully saturated rings. The highest BCUT2D eigenvalue weighted by Crippen LogP contribution is 2.53. The predicted octanol–water partition coefficient (Wildman–Crippen LogP) is 5.25. The molecule has 3 aliphatic carbocycles. The van der Waals surface area contributed by atoms with Crippen LogP contribution in [0.1, 0.15) is 83.9 Å². The van der Waals surface area contributed by atoms with E-state index in [-0.39, 0.29) is 22.7 Å². The summed E-state index contributed by atoms with van der Waals surface area (Å²) < 4.78 is 16.6. The van der Waals surface area contributed by atoms with Crippen molar-refractivity contribution in [2.75, 3.05) is 31.3 Å². The zero-order valence-electron chi connectivity index (χ0n) is 26.0. The van der Waals surface area contributed by atoms with Gasteiger partial charge in [-0.25, -0.2) is 9.97 Å². The van der Waals surface area contributed by atoms with E-state index in [2.05, 4.69) is 28.1 Å². The summed E-state index contributed by atoms with van der Waals surface area (Å²) in [6.45, 7) is 8.26. The van der Waals surface area contributed by atoms with Crippen LogP contribution in [0, 0.1) is 17.8 Å². The van der Waals surface area contributed by atoms with E-state index in [1.54, 1.807) is 12.4 Å². The Morgan fingerprint density at radius 1 is 1.09 bits per heavy atom. The molecule has 1 saturated heterocycles. The van der Waals surface area contributed by atoms with Gasteiger partial charge in [0.15, 0.2) is 5.82 Å². The number of benzene rings is 1. The first kappa shape index (κ1) is 29.3. The molecule has 1 amide bonds. The minimum Gasteiger partial charge on any atom is -0.464 e. The van der Waals surface area contributed by atoms with Gasteiger partial charge in [-0.3, -0.25) is 4.79 Å². The zero-order chi connectivity index (χ0) is 30.5. The number of fused-ring (bicyclic) bond motifs is 2. The Morgan fingerprint density at radius 2 is 1.89 bits per heavy atom. The van der Waals surface area contributed by atoms with E-state index in [4.69, 9.17) is 19.0 Å². The normalized spacial score (nSPS) is 30.6. The fraction of sp³-hybridized carbons (Fsp3) is 0.618. The maximum absolute atomic E-state index is 14.1. The van der Waals surface area contributed by atoms with Gasteiger partial charge in [-0.15, -0.1) is 0 Å². The molecule has 1 N–H and O–H groups in total. The minimum absolute atomic E-state index is 0.0583. The number of hydrogen-bond acceptors (Lipinski definition) is 9. The van der Waals surface area contributed by atoms with Crippen LogP contribution in [0.25, 0.3) is 11.1 Å². The molecular weight excluding hydrogens is 558 g/mol. The molecule has 10 heteroatoms. The monoisotopic (exact) mass is 601 g/mol. The molecule has 234 valence electrons. The van der Waals surface area contributed by atoms with Crippen molar-refractivity contribution in [2.24, 2.45) is 17.8 Å². The van der Waals surface area contributed by atoms with E-state index in [0.717, 1.165) is 61.2 Å². The maximum Gasteiger partial charge on any atom is 0.316 e. The second kappa shape index (κ2) is 11.2. The third kappa shape index (κ3) is 5.40. The van der Waals surface area contributed by atoms with Gasteiger partial charge in [0.25, 0.3) is 0 Å². The van der Waals surface area contributed by atoms with E-state index in [1.165, 1.54) is 0 Å². The van der Waals surface area contributed by atoms with E-state index in [9.17, 15) is 9.90 Å². The van der Waals surface area contributed by atoms with Gasteiger partial charge in [-0.1, -0.05) is 30.1 Å². The predicted molar refractivity (Wildman–Crippen MR) is 163 cm³/mol. The highest BCUT2D eigenvalue weighted by atomic mass is 16.5. The van der Waals surface area contributed by atoms with Crippen LogP contribution in [0.2, 0.25) is 0 Å². The third-order valence-corrected chi connectivity index (χ3v) is 10.6. The molecule has 7 rings (SSSR count). The molecule has 10 nitrogen and oxygen atoms in total. The fourth-order valence-electron chi connectivity index (χ4n) is 7.98. The molecule has 44 heavy (non-hydrogen) atoms. The summed E-state index contributed by atoms with van der Waals surface area (Å²) in [7, 11) is 0. The number of amides is 1. The average Bonchev–Trinajstić information content (AvgIpc) is 3.51. The van der Waals surface area contributed by atoms with Gasteiger partial charge in [0.1, 0.15) is 0 Å². The highest BCUT2D eigenvalue weighted by Gasteiger charge is 2.50. The number of hydrogen-bond donors (Lipinski definition) is 1. The molecule has 1 aliphatic heterocycles. The van der Waals surface area contributed by atoms with Crippen molar-refractivity contribution in [1.82, 2.24) is 20.1 Å². The lowest BCUT2D eigenvalue weighted by molar-refractivity contribution is -0.136. The molecular formula is C34H43N5O5. The minimum atomic E-state index is -0.770. The van der Waals surface area contributed by atoms with E-state index in [0.29, 0.717) is 62.9 Å². The lowest BCUT2D eigenvalue weighted by atomic mass is 9.58. The van der Waals surface area contributed by atoms with Crippen LogP contribution >= 0.6 is 0 Å². The fourth-order valence-corrected chi connectivity index (χ4v) is 7.98. The number of anilines is 1. The number of nitrogens with zero attached hydrogens (tertiary/aromatic N) is 5. The lowest BCUT2D eigenvalue weighted by Crippen LogP contribution is -2.52. The molecule has 4 aliphatic rings.